The van der Waals surface area contributed by atoms with Crippen molar-refractivity contribution in [3.8, 4) is 35.3 Å². The summed E-state index contributed by atoms with van der Waals surface area (Å²) in [4.78, 5) is 46.4. The van der Waals surface area contributed by atoms with E-state index >= 15 is 0 Å². The van der Waals surface area contributed by atoms with Gasteiger partial charge < -0.3 is 34.3 Å². The number of aromatic nitrogens is 2. The Morgan fingerprint density at radius 1 is 1.02 bits per heavy atom. The molecule has 6 rings (SSSR count). The van der Waals surface area contributed by atoms with Crippen molar-refractivity contribution in [2.75, 3.05) is 25.1 Å². The molecule has 3 heterocycles. The van der Waals surface area contributed by atoms with Gasteiger partial charge in [0.25, 0.3) is 11.8 Å². The Hall–Kier alpha value is -6.46. The second kappa shape index (κ2) is 15.6. The number of hydrogen-bond donors (Lipinski definition) is 3. The van der Waals surface area contributed by atoms with Crippen molar-refractivity contribution in [3.05, 3.63) is 107 Å². The van der Waals surface area contributed by atoms with Crippen molar-refractivity contribution in [2.45, 2.75) is 32.5 Å². The molecule has 50 heavy (non-hydrogen) atoms. The van der Waals surface area contributed by atoms with E-state index in [9.17, 15) is 19.6 Å². The topological polar surface area (TPSA) is 183 Å². The van der Waals surface area contributed by atoms with E-state index in [1.165, 1.54) is 18.2 Å². The zero-order valence-corrected chi connectivity index (χ0v) is 26.9. The third-order valence-corrected chi connectivity index (χ3v) is 7.45. The minimum Gasteiger partial charge on any atom is -0.466 e. The summed E-state index contributed by atoms with van der Waals surface area (Å²) in [5.41, 5.74) is 2.70. The number of benzene rings is 3. The Morgan fingerprint density at radius 3 is 2.66 bits per heavy atom. The molecule has 0 fully saturated rings. The Bertz CT molecular complexity index is 1980. The molecular formula is C36H32N6O8. The van der Waals surface area contributed by atoms with E-state index in [1.54, 1.807) is 19.1 Å². The van der Waals surface area contributed by atoms with E-state index in [2.05, 4.69) is 25.9 Å². The van der Waals surface area contributed by atoms with Crippen LogP contribution in [0.3, 0.4) is 0 Å². The molecule has 0 saturated carbocycles. The number of carbonyl (C=O) groups is 3. The van der Waals surface area contributed by atoms with Crippen LogP contribution in [0, 0.1) is 11.3 Å². The number of hydrogen-bond acceptors (Lipinski definition) is 13. The number of nitrogens with zero attached hydrogens (tertiary/aromatic N) is 3. The summed E-state index contributed by atoms with van der Waals surface area (Å²) >= 11 is 0. The zero-order chi connectivity index (χ0) is 34.9. The molecule has 1 unspecified atom stereocenters. The third kappa shape index (κ3) is 8.33. The molecule has 1 aromatic heterocycles. The quantitative estimate of drug-likeness (QED) is 0.174. The van der Waals surface area contributed by atoms with Crippen LogP contribution in [0.25, 0.3) is 0 Å². The van der Waals surface area contributed by atoms with Gasteiger partial charge in [0, 0.05) is 13.0 Å². The van der Waals surface area contributed by atoms with Gasteiger partial charge in [-0.05, 0) is 66.6 Å². The van der Waals surface area contributed by atoms with Crippen LogP contribution in [-0.4, -0.2) is 47.6 Å². The van der Waals surface area contributed by atoms with Gasteiger partial charge in [-0.25, -0.2) is 4.79 Å². The lowest BCUT2D eigenvalue weighted by Crippen LogP contribution is -2.34. The summed E-state index contributed by atoms with van der Waals surface area (Å²) in [6.45, 7) is 2.37. The maximum Gasteiger partial charge on any atom is 0.342 e. The molecule has 2 aliphatic rings. The van der Waals surface area contributed by atoms with E-state index < -0.39 is 11.9 Å². The zero-order valence-electron chi connectivity index (χ0n) is 26.9. The molecule has 3 N–H and O–H groups in total. The first kappa shape index (κ1) is 33.4. The summed E-state index contributed by atoms with van der Waals surface area (Å²) < 4.78 is 28.5. The Balaban J connectivity index is 1.32. The molecule has 4 aromatic rings. The molecule has 0 spiro atoms. The van der Waals surface area contributed by atoms with E-state index in [4.69, 9.17) is 23.7 Å². The summed E-state index contributed by atoms with van der Waals surface area (Å²) in [6.07, 6.45) is 4.07. The summed E-state index contributed by atoms with van der Waals surface area (Å²) in [5, 5.41) is 18.8. The lowest BCUT2D eigenvalue weighted by atomic mass is 10.0. The molecule has 254 valence electrons. The van der Waals surface area contributed by atoms with Crippen LogP contribution in [0.1, 0.15) is 52.1 Å². The molecule has 0 aliphatic carbocycles. The van der Waals surface area contributed by atoms with Crippen molar-refractivity contribution in [1.82, 2.24) is 20.6 Å². The molecule has 0 bridgehead atoms. The molecule has 0 saturated heterocycles. The number of carbonyl (C=O) groups excluding carboxylic acids is 3. The molecule has 1 amide bonds. The average Bonchev–Trinajstić information content (AvgIpc) is 3.14. The fraction of sp³-hybridized carbons (Fsp3) is 0.222. The predicted octanol–water partition coefficient (Wildman–Crippen LogP) is 4.82. The Morgan fingerprint density at radius 2 is 1.88 bits per heavy atom. The van der Waals surface area contributed by atoms with Crippen LogP contribution >= 0.6 is 0 Å². The van der Waals surface area contributed by atoms with Crippen molar-refractivity contribution in [1.29, 1.82) is 5.26 Å². The SMILES string of the molecule is CCOC(=O)CCc1cc(Oc2nc(Oc3cc(C#N)ccc3C(=O)OCc3ccccc3)nc3c2NC(=O)CO3)cc(C2NC=CCN2)c1. The van der Waals surface area contributed by atoms with Gasteiger partial charge in [0.05, 0.1) is 18.2 Å². The predicted molar refractivity (Wildman–Crippen MR) is 177 cm³/mol. The van der Waals surface area contributed by atoms with Gasteiger partial charge >= 0.3 is 17.9 Å². The standard InChI is InChI=1S/C36H32N6O8/c1-2-46-30(44)12-10-23-15-25(32-38-13-6-14-39-32)18-26(16-23)49-34-31-33(47-21-29(43)40-31)41-36(42-34)50-28-17-24(19-37)9-11-27(28)35(45)48-20-22-7-4-3-5-8-22/h3-9,11,13,15-18,32,38-39H,2,10,12,14,20-21H2,1H3,(H,40,43). The first-order valence-electron chi connectivity index (χ1n) is 15.8. The lowest BCUT2D eigenvalue weighted by molar-refractivity contribution is -0.143. The van der Waals surface area contributed by atoms with Crippen LogP contribution in [0.4, 0.5) is 5.69 Å². The van der Waals surface area contributed by atoms with Crippen LogP contribution in [-0.2, 0) is 32.1 Å². The van der Waals surface area contributed by atoms with E-state index in [0.29, 0.717) is 18.7 Å². The number of aryl methyl sites for hydroxylation is 1. The second-order valence-corrected chi connectivity index (χ2v) is 11.0. The summed E-state index contributed by atoms with van der Waals surface area (Å²) in [5.74, 6) is -1.32. The highest BCUT2D eigenvalue weighted by Crippen LogP contribution is 2.40. The van der Waals surface area contributed by atoms with Crippen molar-refractivity contribution in [3.63, 3.8) is 0 Å². The van der Waals surface area contributed by atoms with Gasteiger partial charge in [0.15, 0.2) is 12.3 Å². The van der Waals surface area contributed by atoms with Gasteiger partial charge in [-0.15, -0.1) is 0 Å². The maximum atomic E-state index is 13.2. The maximum absolute atomic E-state index is 13.2. The Kier molecular flexibility index (Phi) is 10.5. The first-order valence-corrected chi connectivity index (χ1v) is 15.8. The molecule has 1 atom stereocenters. The fourth-order valence-electron chi connectivity index (χ4n) is 5.12. The summed E-state index contributed by atoms with van der Waals surface area (Å²) in [7, 11) is 0. The monoisotopic (exact) mass is 676 g/mol. The highest BCUT2D eigenvalue weighted by Gasteiger charge is 2.27. The number of rotatable bonds is 12. The normalized spacial score (nSPS) is 14.6. The number of fused-ring (bicyclic) bond motifs is 1. The number of ether oxygens (including phenoxy) is 5. The Labute approximate surface area is 287 Å². The number of amides is 1. The third-order valence-electron chi connectivity index (χ3n) is 7.45. The van der Waals surface area contributed by atoms with Gasteiger partial charge in [-0.1, -0.05) is 42.5 Å². The highest BCUT2D eigenvalue weighted by atomic mass is 16.5. The lowest BCUT2D eigenvalue weighted by Gasteiger charge is -2.24. The van der Waals surface area contributed by atoms with Crippen molar-refractivity contribution in [2.24, 2.45) is 0 Å². The van der Waals surface area contributed by atoms with E-state index in [0.717, 1.165) is 16.7 Å². The van der Waals surface area contributed by atoms with E-state index in [-0.39, 0.29) is 78.7 Å². The van der Waals surface area contributed by atoms with Crippen LogP contribution in [0.5, 0.6) is 29.3 Å². The second-order valence-electron chi connectivity index (χ2n) is 11.0. The molecule has 14 heteroatoms. The van der Waals surface area contributed by atoms with E-state index in [1.807, 2.05) is 54.7 Å². The number of anilines is 1. The minimum atomic E-state index is -0.696. The number of esters is 2. The van der Waals surface area contributed by atoms with Crippen molar-refractivity contribution >= 4 is 23.5 Å². The van der Waals surface area contributed by atoms with Gasteiger partial charge in [0.1, 0.15) is 29.8 Å². The molecular weight excluding hydrogens is 644 g/mol. The number of nitriles is 1. The molecule has 3 aromatic carbocycles. The van der Waals surface area contributed by atoms with Gasteiger partial charge in [-0.2, -0.15) is 15.2 Å². The van der Waals surface area contributed by atoms with Crippen LogP contribution in [0.15, 0.2) is 79.0 Å². The minimum absolute atomic E-state index is 0.0169. The first-order chi connectivity index (χ1) is 24.4. The average molecular weight is 677 g/mol. The summed E-state index contributed by atoms with van der Waals surface area (Å²) in [6, 6.07) is 20.6. The smallest absolute Gasteiger partial charge is 0.342 e. The highest BCUT2D eigenvalue weighted by molar-refractivity contribution is 5.96. The molecule has 14 nitrogen and oxygen atoms in total. The molecule has 0 radical (unpaired) electrons. The van der Waals surface area contributed by atoms with Crippen LogP contribution < -0.4 is 30.2 Å². The van der Waals surface area contributed by atoms with Gasteiger partial charge in [-0.3, -0.25) is 14.9 Å². The molecule has 2 aliphatic heterocycles. The fourth-order valence-corrected chi connectivity index (χ4v) is 5.12. The number of nitrogens with one attached hydrogen (secondary N) is 3. The van der Waals surface area contributed by atoms with Crippen LogP contribution in [0.2, 0.25) is 0 Å². The van der Waals surface area contributed by atoms with Gasteiger partial charge in [0.2, 0.25) is 5.88 Å². The van der Waals surface area contributed by atoms with Crippen molar-refractivity contribution < 1.29 is 38.1 Å². The largest absolute Gasteiger partial charge is 0.466 e.